The molecule has 0 radical (unpaired) electrons. The second kappa shape index (κ2) is 10.1. The van der Waals surface area contributed by atoms with E-state index in [1.807, 2.05) is 0 Å². The predicted octanol–water partition coefficient (Wildman–Crippen LogP) is 7.27. The van der Waals surface area contributed by atoms with Crippen molar-refractivity contribution in [3.8, 4) is 0 Å². The first-order chi connectivity index (χ1) is 10.8. The number of aryl methyl sites for hydroxylation is 1. The normalized spacial score (nSPS) is 21.9. The Morgan fingerprint density at radius 3 is 2.09 bits per heavy atom. The summed E-state index contributed by atoms with van der Waals surface area (Å²) in [6.07, 6.45) is 16.9. The van der Waals surface area contributed by atoms with E-state index in [1.165, 1.54) is 82.6 Å². The minimum absolute atomic E-state index is 0.840. The zero-order valence-electron chi connectivity index (χ0n) is 14.9. The summed E-state index contributed by atoms with van der Waals surface area (Å²) in [5, 5.41) is 0. The Hall–Kier alpha value is -0.780. The molecule has 0 aliphatic heterocycles. The van der Waals surface area contributed by atoms with Crippen molar-refractivity contribution in [1.82, 2.24) is 0 Å². The Morgan fingerprint density at radius 2 is 1.45 bits per heavy atom. The van der Waals surface area contributed by atoms with Crippen molar-refractivity contribution in [1.29, 1.82) is 0 Å². The van der Waals surface area contributed by atoms with Crippen molar-refractivity contribution in [3.63, 3.8) is 0 Å². The van der Waals surface area contributed by atoms with Gasteiger partial charge in [-0.15, -0.1) is 0 Å². The zero-order chi connectivity index (χ0) is 15.6. The summed E-state index contributed by atoms with van der Waals surface area (Å²) >= 11 is 0. The number of hydrogen-bond donors (Lipinski definition) is 0. The molecule has 0 spiro atoms. The van der Waals surface area contributed by atoms with Gasteiger partial charge in [0.1, 0.15) is 0 Å². The smallest absolute Gasteiger partial charge is 0.0162 e. The van der Waals surface area contributed by atoms with Crippen LogP contribution in [0.4, 0.5) is 0 Å². The second-order valence-corrected chi connectivity index (χ2v) is 7.41. The number of hydrogen-bond acceptors (Lipinski definition) is 0. The minimum Gasteiger partial charge on any atom is -0.0654 e. The lowest BCUT2D eigenvalue weighted by molar-refractivity contribution is 0.302. The number of unbranched alkanes of at least 4 members (excludes halogenated alkanes) is 4. The summed E-state index contributed by atoms with van der Waals surface area (Å²) in [6.45, 7) is 4.58. The van der Waals surface area contributed by atoms with E-state index in [9.17, 15) is 0 Å². The van der Waals surface area contributed by atoms with Crippen molar-refractivity contribution in [3.05, 3.63) is 35.4 Å². The van der Waals surface area contributed by atoms with Crippen LogP contribution >= 0.6 is 0 Å². The maximum atomic E-state index is 2.41. The molecule has 0 bridgehead atoms. The maximum absolute atomic E-state index is 2.41. The number of rotatable bonds is 9. The van der Waals surface area contributed by atoms with Crippen LogP contribution in [0.5, 0.6) is 0 Å². The Kier molecular flexibility index (Phi) is 8.05. The maximum Gasteiger partial charge on any atom is -0.0162 e. The molecule has 0 heterocycles. The summed E-state index contributed by atoms with van der Waals surface area (Å²) in [6, 6.07) is 9.58. The van der Waals surface area contributed by atoms with Gasteiger partial charge in [0.15, 0.2) is 0 Å². The first-order valence-corrected chi connectivity index (χ1v) is 9.92. The quantitative estimate of drug-likeness (QED) is 0.420. The molecule has 0 amide bonds. The van der Waals surface area contributed by atoms with Gasteiger partial charge >= 0.3 is 0 Å². The largest absolute Gasteiger partial charge is 0.0654 e. The van der Waals surface area contributed by atoms with Crippen LogP contribution in [-0.4, -0.2) is 0 Å². The van der Waals surface area contributed by atoms with Gasteiger partial charge < -0.3 is 0 Å². The third kappa shape index (κ3) is 5.78. The molecule has 1 aliphatic rings. The molecule has 1 aliphatic carbocycles. The highest BCUT2D eigenvalue weighted by molar-refractivity contribution is 5.25. The van der Waals surface area contributed by atoms with E-state index < -0.39 is 0 Å². The molecule has 0 heteroatoms. The van der Waals surface area contributed by atoms with E-state index in [2.05, 4.69) is 38.1 Å². The molecule has 1 fully saturated rings. The fourth-order valence-electron chi connectivity index (χ4n) is 3.98. The van der Waals surface area contributed by atoms with Gasteiger partial charge in [-0.2, -0.15) is 0 Å². The molecular formula is C22H36. The van der Waals surface area contributed by atoms with Gasteiger partial charge in [-0.3, -0.25) is 0 Å². The molecule has 0 unspecified atom stereocenters. The molecule has 1 saturated carbocycles. The lowest BCUT2D eigenvalue weighted by Gasteiger charge is -2.29. The van der Waals surface area contributed by atoms with Gasteiger partial charge in [0.25, 0.3) is 0 Å². The number of benzene rings is 1. The monoisotopic (exact) mass is 300 g/mol. The van der Waals surface area contributed by atoms with Gasteiger partial charge in [-0.1, -0.05) is 76.6 Å². The topological polar surface area (TPSA) is 0 Å². The first-order valence-electron chi connectivity index (χ1n) is 9.92. The molecule has 0 aromatic heterocycles. The van der Waals surface area contributed by atoms with Gasteiger partial charge in [0, 0.05) is 0 Å². The summed E-state index contributed by atoms with van der Waals surface area (Å²) in [7, 11) is 0. The highest BCUT2D eigenvalue weighted by Gasteiger charge is 2.21. The van der Waals surface area contributed by atoms with E-state index in [-0.39, 0.29) is 0 Å². The lowest BCUT2D eigenvalue weighted by Crippen LogP contribution is -2.13. The van der Waals surface area contributed by atoms with E-state index in [1.54, 1.807) is 5.56 Å². The average molecular weight is 301 g/mol. The summed E-state index contributed by atoms with van der Waals surface area (Å²) in [5.74, 6) is 1.86. The van der Waals surface area contributed by atoms with E-state index in [4.69, 9.17) is 0 Å². The molecule has 0 saturated heterocycles. The highest BCUT2D eigenvalue weighted by atomic mass is 14.3. The molecule has 22 heavy (non-hydrogen) atoms. The van der Waals surface area contributed by atoms with Crippen LogP contribution in [0, 0.1) is 5.92 Å². The van der Waals surface area contributed by atoms with Crippen LogP contribution in [0.3, 0.4) is 0 Å². The minimum atomic E-state index is 0.840. The Bertz CT molecular complexity index is 381. The lowest BCUT2D eigenvalue weighted by atomic mass is 9.77. The van der Waals surface area contributed by atoms with Crippen molar-refractivity contribution < 1.29 is 0 Å². The molecule has 1 aromatic rings. The fourth-order valence-corrected chi connectivity index (χ4v) is 3.98. The summed E-state index contributed by atoms with van der Waals surface area (Å²) in [5.41, 5.74) is 3.12. The van der Waals surface area contributed by atoms with Gasteiger partial charge in [-0.25, -0.2) is 0 Å². The van der Waals surface area contributed by atoms with E-state index in [0.717, 1.165) is 11.8 Å². The molecule has 0 nitrogen and oxygen atoms in total. The Labute approximate surface area is 138 Å². The van der Waals surface area contributed by atoms with Gasteiger partial charge in [0.05, 0.1) is 0 Å². The fraction of sp³-hybridized carbons (Fsp3) is 0.727. The second-order valence-electron chi connectivity index (χ2n) is 7.41. The zero-order valence-corrected chi connectivity index (χ0v) is 14.9. The SMILES string of the molecule is CCCCCCC1CCC(c2ccc(CCCC)cc2)CC1. The van der Waals surface area contributed by atoms with E-state index >= 15 is 0 Å². The van der Waals surface area contributed by atoms with Crippen molar-refractivity contribution in [2.75, 3.05) is 0 Å². The molecule has 124 valence electrons. The molecule has 2 rings (SSSR count). The third-order valence-electron chi connectivity index (χ3n) is 5.58. The van der Waals surface area contributed by atoms with Crippen molar-refractivity contribution in [2.24, 2.45) is 5.92 Å². The standard InChI is InChI=1S/C22H36/c1-3-5-7-8-10-20-13-17-22(18-14-20)21-15-11-19(12-16-21)9-6-4-2/h11-12,15-16,20,22H,3-10,13-14,17-18H2,1-2H3. The molecule has 0 atom stereocenters. The van der Waals surface area contributed by atoms with E-state index in [0.29, 0.717) is 0 Å². The molecule has 0 N–H and O–H groups in total. The highest BCUT2D eigenvalue weighted by Crippen LogP contribution is 2.37. The first kappa shape index (κ1) is 17.6. The van der Waals surface area contributed by atoms with Crippen LogP contribution in [0.15, 0.2) is 24.3 Å². The molecule has 1 aromatic carbocycles. The predicted molar refractivity (Wildman–Crippen MR) is 98.5 cm³/mol. The summed E-state index contributed by atoms with van der Waals surface area (Å²) < 4.78 is 0. The average Bonchev–Trinajstić information content (AvgIpc) is 2.58. The molecular weight excluding hydrogens is 264 g/mol. The van der Waals surface area contributed by atoms with Crippen LogP contribution < -0.4 is 0 Å². The van der Waals surface area contributed by atoms with Crippen LogP contribution in [0.2, 0.25) is 0 Å². The Morgan fingerprint density at radius 1 is 0.773 bits per heavy atom. The summed E-state index contributed by atoms with van der Waals surface area (Å²) in [4.78, 5) is 0. The Balaban J connectivity index is 1.72. The van der Waals surface area contributed by atoms with Crippen molar-refractivity contribution in [2.45, 2.75) is 96.8 Å². The van der Waals surface area contributed by atoms with Crippen LogP contribution in [0.25, 0.3) is 0 Å². The van der Waals surface area contributed by atoms with Crippen molar-refractivity contribution >= 4 is 0 Å². The van der Waals surface area contributed by atoms with Gasteiger partial charge in [0.2, 0.25) is 0 Å². The third-order valence-corrected chi connectivity index (χ3v) is 5.58. The van der Waals surface area contributed by atoms with Crippen LogP contribution in [0.1, 0.15) is 102 Å². The van der Waals surface area contributed by atoms with Crippen LogP contribution in [-0.2, 0) is 6.42 Å². The van der Waals surface area contributed by atoms with Gasteiger partial charge in [-0.05, 0) is 61.5 Å².